The smallest absolute Gasteiger partial charge is 0.223 e. The van der Waals surface area contributed by atoms with Crippen molar-refractivity contribution in [2.45, 2.75) is 31.7 Å². The van der Waals surface area contributed by atoms with Gasteiger partial charge in [0.1, 0.15) is 0 Å². The number of hydrogen-bond donors (Lipinski definition) is 1. The number of aliphatic hydroxyl groups excluding tert-OH is 1. The van der Waals surface area contributed by atoms with Gasteiger partial charge in [-0.15, -0.1) is 0 Å². The van der Waals surface area contributed by atoms with Crippen molar-refractivity contribution in [3.8, 4) is 0 Å². The fourth-order valence-corrected chi connectivity index (χ4v) is 2.97. The van der Waals surface area contributed by atoms with E-state index in [-0.39, 0.29) is 18.6 Å². The van der Waals surface area contributed by atoms with Crippen LogP contribution in [0.4, 0.5) is 0 Å². The number of carbonyl (C=O) groups excluding carboxylic acids is 1. The second kappa shape index (κ2) is 6.60. The molecule has 1 amide bonds. The zero-order valence-corrected chi connectivity index (χ0v) is 12.1. The molecule has 0 aromatic heterocycles. The molecule has 0 bridgehead atoms. The molecule has 5 heteroatoms. The summed E-state index contributed by atoms with van der Waals surface area (Å²) >= 11 is 11.9. The quantitative estimate of drug-likeness (QED) is 0.929. The SMILES string of the molecule is O=C(CCc1ccc(Cl)cc1Cl)N1CCC[C@H]1CO. The molecular formula is C14H17Cl2NO2. The van der Waals surface area contributed by atoms with Crippen molar-refractivity contribution in [2.75, 3.05) is 13.2 Å². The summed E-state index contributed by atoms with van der Waals surface area (Å²) in [5.74, 6) is 0.0857. The average molecular weight is 302 g/mol. The molecule has 0 spiro atoms. The first-order chi connectivity index (χ1) is 9.11. The lowest BCUT2D eigenvalue weighted by Crippen LogP contribution is -2.37. The second-order valence-electron chi connectivity index (χ2n) is 4.80. The largest absolute Gasteiger partial charge is 0.394 e. The summed E-state index contributed by atoms with van der Waals surface area (Å²) in [4.78, 5) is 13.9. The van der Waals surface area contributed by atoms with Gasteiger partial charge in [0, 0.05) is 23.0 Å². The van der Waals surface area contributed by atoms with E-state index in [2.05, 4.69) is 0 Å². The normalized spacial score (nSPS) is 18.9. The van der Waals surface area contributed by atoms with Gasteiger partial charge in [0.05, 0.1) is 12.6 Å². The van der Waals surface area contributed by atoms with Crippen LogP contribution in [0.1, 0.15) is 24.8 Å². The Labute approximate surface area is 123 Å². The zero-order valence-electron chi connectivity index (χ0n) is 10.6. The number of benzene rings is 1. The second-order valence-corrected chi connectivity index (χ2v) is 5.65. The van der Waals surface area contributed by atoms with Crippen LogP contribution in [0, 0.1) is 0 Å². The number of aryl methyl sites for hydroxylation is 1. The molecule has 1 aromatic rings. The Hall–Kier alpha value is -0.770. The van der Waals surface area contributed by atoms with Crippen molar-refractivity contribution in [1.29, 1.82) is 0 Å². The van der Waals surface area contributed by atoms with E-state index in [0.29, 0.717) is 22.9 Å². The van der Waals surface area contributed by atoms with E-state index in [0.717, 1.165) is 24.9 Å². The monoisotopic (exact) mass is 301 g/mol. The van der Waals surface area contributed by atoms with Crippen LogP contribution in [-0.2, 0) is 11.2 Å². The van der Waals surface area contributed by atoms with Crippen LogP contribution >= 0.6 is 23.2 Å². The van der Waals surface area contributed by atoms with Crippen molar-refractivity contribution in [3.05, 3.63) is 33.8 Å². The fraction of sp³-hybridized carbons (Fsp3) is 0.500. The summed E-state index contributed by atoms with van der Waals surface area (Å²) in [6.07, 6.45) is 2.88. The third-order valence-corrected chi connectivity index (χ3v) is 4.12. The molecule has 0 unspecified atom stereocenters. The van der Waals surface area contributed by atoms with Gasteiger partial charge in [0.2, 0.25) is 5.91 Å². The predicted molar refractivity (Wildman–Crippen MR) is 76.6 cm³/mol. The van der Waals surface area contributed by atoms with Crippen LogP contribution in [0.25, 0.3) is 0 Å². The molecule has 104 valence electrons. The molecule has 0 radical (unpaired) electrons. The molecule has 0 saturated carbocycles. The lowest BCUT2D eigenvalue weighted by molar-refractivity contribution is -0.132. The molecular weight excluding hydrogens is 285 g/mol. The highest BCUT2D eigenvalue weighted by molar-refractivity contribution is 6.35. The zero-order chi connectivity index (χ0) is 13.8. The van der Waals surface area contributed by atoms with Gasteiger partial charge in [-0.3, -0.25) is 4.79 Å². The molecule has 1 atom stereocenters. The van der Waals surface area contributed by atoms with Crippen LogP contribution in [0.15, 0.2) is 18.2 Å². The number of rotatable bonds is 4. The Balaban J connectivity index is 1.93. The molecule has 1 saturated heterocycles. The van der Waals surface area contributed by atoms with Gasteiger partial charge in [-0.2, -0.15) is 0 Å². The molecule has 1 aliphatic rings. The highest BCUT2D eigenvalue weighted by Gasteiger charge is 2.27. The number of aliphatic hydroxyl groups is 1. The van der Waals surface area contributed by atoms with E-state index in [9.17, 15) is 9.90 Å². The van der Waals surface area contributed by atoms with Crippen LogP contribution in [-0.4, -0.2) is 35.1 Å². The summed E-state index contributed by atoms with van der Waals surface area (Å²) < 4.78 is 0. The van der Waals surface area contributed by atoms with Crippen molar-refractivity contribution in [3.63, 3.8) is 0 Å². The summed E-state index contributed by atoms with van der Waals surface area (Å²) in [7, 11) is 0. The van der Waals surface area contributed by atoms with Crippen LogP contribution in [0.5, 0.6) is 0 Å². The first-order valence-corrected chi connectivity index (χ1v) is 7.21. The number of nitrogens with zero attached hydrogens (tertiary/aromatic N) is 1. The van der Waals surface area contributed by atoms with Crippen molar-refractivity contribution in [1.82, 2.24) is 4.90 Å². The Morgan fingerprint density at radius 3 is 2.89 bits per heavy atom. The summed E-state index contributed by atoms with van der Waals surface area (Å²) in [5, 5.41) is 10.4. The van der Waals surface area contributed by atoms with Gasteiger partial charge in [-0.05, 0) is 37.0 Å². The number of hydrogen-bond acceptors (Lipinski definition) is 2. The van der Waals surface area contributed by atoms with Gasteiger partial charge >= 0.3 is 0 Å². The van der Waals surface area contributed by atoms with E-state index < -0.39 is 0 Å². The standard InChI is InChI=1S/C14H17Cl2NO2/c15-11-5-3-10(13(16)8-11)4-6-14(19)17-7-1-2-12(17)9-18/h3,5,8,12,18H,1-2,4,6-7,9H2/t12-/m0/s1. The van der Waals surface area contributed by atoms with Crippen LogP contribution in [0.3, 0.4) is 0 Å². The van der Waals surface area contributed by atoms with Crippen LogP contribution in [0.2, 0.25) is 10.0 Å². The summed E-state index contributed by atoms with van der Waals surface area (Å²) in [5.41, 5.74) is 0.930. The molecule has 1 aromatic carbocycles. The minimum absolute atomic E-state index is 0.00631. The van der Waals surface area contributed by atoms with E-state index in [1.807, 2.05) is 6.07 Å². The number of carbonyl (C=O) groups is 1. The predicted octanol–water partition coefficient (Wildman–Crippen LogP) is 2.91. The van der Waals surface area contributed by atoms with Gasteiger partial charge in [0.15, 0.2) is 0 Å². The Bertz CT molecular complexity index is 465. The van der Waals surface area contributed by atoms with Gasteiger partial charge in [0.25, 0.3) is 0 Å². The maximum atomic E-state index is 12.1. The van der Waals surface area contributed by atoms with Gasteiger partial charge < -0.3 is 10.0 Å². The van der Waals surface area contributed by atoms with E-state index in [1.54, 1.807) is 17.0 Å². The summed E-state index contributed by atoms with van der Waals surface area (Å²) in [6, 6.07) is 5.31. The highest BCUT2D eigenvalue weighted by Crippen LogP contribution is 2.23. The molecule has 19 heavy (non-hydrogen) atoms. The third-order valence-electron chi connectivity index (χ3n) is 3.53. The molecule has 1 N–H and O–H groups in total. The summed E-state index contributed by atoms with van der Waals surface area (Å²) in [6.45, 7) is 0.797. The number of likely N-dealkylation sites (tertiary alicyclic amines) is 1. The van der Waals surface area contributed by atoms with Crippen molar-refractivity contribution < 1.29 is 9.90 Å². The van der Waals surface area contributed by atoms with Gasteiger partial charge in [-0.1, -0.05) is 29.3 Å². The minimum atomic E-state index is -0.00631. The first kappa shape index (κ1) is 14.6. The van der Waals surface area contributed by atoms with E-state index in [1.165, 1.54) is 0 Å². The Morgan fingerprint density at radius 1 is 1.42 bits per heavy atom. The number of amides is 1. The average Bonchev–Trinajstić information content (AvgIpc) is 2.85. The maximum absolute atomic E-state index is 12.1. The van der Waals surface area contributed by atoms with E-state index in [4.69, 9.17) is 23.2 Å². The first-order valence-electron chi connectivity index (χ1n) is 6.46. The molecule has 2 rings (SSSR count). The Morgan fingerprint density at radius 2 is 2.21 bits per heavy atom. The Kier molecular flexibility index (Phi) is 5.08. The van der Waals surface area contributed by atoms with Crippen molar-refractivity contribution >= 4 is 29.1 Å². The highest BCUT2D eigenvalue weighted by atomic mass is 35.5. The third kappa shape index (κ3) is 3.62. The van der Waals surface area contributed by atoms with Crippen molar-refractivity contribution in [2.24, 2.45) is 0 Å². The van der Waals surface area contributed by atoms with Gasteiger partial charge in [-0.25, -0.2) is 0 Å². The van der Waals surface area contributed by atoms with Crippen LogP contribution < -0.4 is 0 Å². The molecule has 1 aliphatic heterocycles. The molecule has 3 nitrogen and oxygen atoms in total. The molecule has 1 fully saturated rings. The lowest BCUT2D eigenvalue weighted by atomic mass is 10.1. The maximum Gasteiger partial charge on any atom is 0.223 e. The number of halogens is 2. The fourth-order valence-electron chi connectivity index (χ4n) is 2.46. The lowest BCUT2D eigenvalue weighted by Gasteiger charge is -2.23. The molecule has 1 heterocycles. The topological polar surface area (TPSA) is 40.5 Å². The van der Waals surface area contributed by atoms with E-state index >= 15 is 0 Å². The molecule has 0 aliphatic carbocycles. The minimum Gasteiger partial charge on any atom is -0.394 e.